The van der Waals surface area contributed by atoms with E-state index < -0.39 is 46.2 Å². The van der Waals surface area contributed by atoms with Gasteiger partial charge in [-0.05, 0) is 18.2 Å². The van der Waals surface area contributed by atoms with Crippen LogP contribution in [0.1, 0.15) is 10.4 Å². The van der Waals surface area contributed by atoms with Gasteiger partial charge in [0.25, 0.3) is 5.91 Å². The number of aromatic nitrogens is 1. The molecule has 110 valence electrons. The molecule has 0 aliphatic carbocycles. The second-order valence-electron chi connectivity index (χ2n) is 3.84. The van der Waals surface area contributed by atoms with Gasteiger partial charge in [0.05, 0.1) is 11.3 Å². The number of nitrogens with one attached hydrogen (secondary N) is 2. The summed E-state index contributed by atoms with van der Waals surface area (Å²) in [5.74, 6) is -2.28. The van der Waals surface area contributed by atoms with Gasteiger partial charge in [-0.25, -0.2) is 28.4 Å². The van der Waals surface area contributed by atoms with Gasteiger partial charge in [0.2, 0.25) is 0 Å². The number of pyridine rings is 1. The first kappa shape index (κ1) is 14.7. The lowest BCUT2D eigenvalue weighted by Gasteiger charge is -2.09. The molecule has 2 rings (SSSR count). The van der Waals surface area contributed by atoms with Gasteiger partial charge in [0.15, 0.2) is 29.1 Å². The maximum atomic E-state index is 13.8. The Balaban J connectivity index is 2.33. The second-order valence-corrected chi connectivity index (χ2v) is 3.84. The molecule has 1 aromatic heterocycles. The Hall–Kier alpha value is -2.68. The molecule has 1 heterocycles. The van der Waals surface area contributed by atoms with Crippen LogP contribution in [0.15, 0.2) is 24.4 Å². The largest absolute Gasteiger partial charge is 0.319 e. The van der Waals surface area contributed by atoms with Crippen LogP contribution in [0.3, 0.4) is 0 Å². The number of nitrogens with two attached hydrogens (primary N) is 1. The first-order valence-corrected chi connectivity index (χ1v) is 5.51. The molecule has 1 amide bonds. The third-order valence-corrected chi connectivity index (χ3v) is 2.55. The van der Waals surface area contributed by atoms with E-state index in [1.165, 1.54) is 0 Å². The number of rotatable bonds is 3. The zero-order valence-corrected chi connectivity index (χ0v) is 10.3. The van der Waals surface area contributed by atoms with Crippen molar-refractivity contribution in [1.29, 1.82) is 0 Å². The van der Waals surface area contributed by atoms with E-state index in [-0.39, 0.29) is 0 Å². The number of carbonyl (C=O) groups is 1. The third kappa shape index (κ3) is 2.77. The molecule has 0 atom stereocenters. The lowest BCUT2D eigenvalue weighted by molar-refractivity contribution is 0.102. The molecule has 0 saturated carbocycles. The first-order valence-electron chi connectivity index (χ1n) is 5.51. The van der Waals surface area contributed by atoms with Gasteiger partial charge in [-0.2, -0.15) is 0 Å². The molecule has 4 N–H and O–H groups in total. The fourth-order valence-corrected chi connectivity index (χ4v) is 1.53. The van der Waals surface area contributed by atoms with Crippen LogP contribution in [-0.2, 0) is 0 Å². The Labute approximate surface area is 115 Å². The summed E-state index contributed by atoms with van der Waals surface area (Å²) in [5.41, 5.74) is 0.807. The molecule has 0 spiro atoms. The number of anilines is 2. The van der Waals surface area contributed by atoms with Crippen LogP contribution < -0.4 is 16.6 Å². The Morgan fingerprint density at radius 2 is 1.76 bits per heavy atom. The number of hydrogen-bond acceptors (Lipinski definition) is 4. The fraction of sp³-hybridized carbons (Fsp3) is 0. The van der Waals surface area contributed by atoms with Gasteiger partial charge in [0, 0.05) is 6.20 Å². The average molecular weight is 300 g/mol. The smallest absolute Gasteiger partial charge is 0.258 e. The first-order chi connectivity index (χ1) is 9.95. The van der Waals surface area contributed by atoms with E-state index in [9.17, 15) is 22.4 Å². The van der Waals surface area contributed by atoms with Crippen molar-refractivity contribution in [1.82, 2.24) is 4.98 Å². The molecule has 21 heavy (non-hydrogen) atoms. The van der Waals surface area contributed by atoms with E-state index in [1.807, 2.05) is 10.7 Å². The summed E-state index contributed by atoms with van der Waals surface area (Å²) >= 11 is 0. The number of hydrogen-bond donors (Lipinski definition) is 3. The Morgan fingerprint density at radius 3 is 2.43 bits per heavy atom. The number of halogens is 4. The molecule has 5 nitrogen and oxygen atoms in total. The molecule has 0 fully saturated rings. The van der Waals surface area contributed by atoms with Gasteiger partial charge in [-0.3, -0.25) is 4.79 Å². The van der Waals surface area contributed by atoms with Crippen molar-refractivity contribution in [2.45, 2.75) is 0 Å². The molecule has 0 saturated heterocycles. The molecular weight excluding hydrogens is 292 g/mol. The standard InChI is InChI=1S/C12H8F4N4O/c13-6-1-2-7(10(16)9(6)15)19-12(21)5-3-4-18-11(20-17)8(5)14/h1-4H,17H2,(H,18,20)(H,19,21). The summed E-state index contributed by atoms with van der Waals surface area (Å²) in [6.45, 7) is 0. The third-order valence-electron chi connectivity index (χ3n) is 2.55. The molecule has 2 aromatic rings. The fourth-order valence-electron chi connectivity index (χ4n) is 1.53. The highest BCUT2D eigenvalue weighted by Gasteiger charge is 2.19. The van der Waals surface area contributed by atoms with E-state index in [0.29, 0.717) is 6.07 Å². The van der Waals surface area contributed by atoms with Crippen molar-refractivity contribution in [3.05, 3.63) is 53.2 Å². The highest BCUT2D eigenvalue weighted by Crippen LogP contribution is 2.21. The highest BCUT2D eigenvalue weighted by molar-refractivity contribution is 6.04. The normalized spacial score (nSPS) is 10.3. The van der Waals surface area contributed by atoms with Crippen LogP contribution in [0.25, 0.3) is 0 Å². The number of nitrogen functional groups attached to an aromatic ring is 1. The minimum absolute atomic E-state index is 0.395. The van der Waals surface area contributed by atoms with Crippen LogP contribution in [0, 0.1) is 23.3 Å². The number of amides is 1. The number of carbonyl (C=O) groups excluding carboxylic acids is 1. The topological polar surface area (TPSA) is 80.0 Å². The summed E-state index contributed by atoms with van der Waals surface area (Å²) in [4.78, 5) is 15.3. The Kier molecular flexibility index (Phi) is 4.03. The van der Waals surface area contributed by atoms with Crippen LogP contribution in [0.2, 0.25) is 0 Å². The van der Waals surface area contributed by atoms with Crippen LogP contribution in [-0.4, -0.2) is 10.9 Å². The van der Waals surface area contributed by atoms with Crippen LogP contribution in [0.5, 0.6) is 0 Å². The van der Waals surface area contributed by atoms with Crippen molar-refractivity contribution in [3.8, 4) is 0 Å². The predicted molar refractivity (Wildman–Crippen MR) is 66.3 cm³/mol. The Bertz CT molecular complexity index is 708. The summed E-state index contributed by atoms with van der Waals surface area (Å²) in [6, 6.07) is 2.46. The summed E-state index contributed by atoms with van der Waals surface area (Å²) in [5, 5.41) is 1.93. The number of benzene rings is 1. The van der Waals surface area contributed by atoms with E-state index in [0.717, 1.165) is 18.3 Å². The molecule has 0 aliphatic rings. The number of hydrazine groups is 1. The van der Waals surface area contributed by atoms with Crippen molar-refractivity contribution in [2.75, 3.05) is 10.7 Å². The van der Waals surface area contributed by atoms with Gasteiger partial charge in [-0.1, -0.05) is 0 Å². The van der Waals surface area contributed by atoms with Crippen molar-refractivity contribution >= 4 is 17.4 Å². The monoisotopic (exact) mass is 300 g/mol. The lowest BCUT2D eigenvalue weighted by Crippen LogP contribution is -2.18. The summed E-state index contributed by atoms with van der Waals surface area (Å²) in [7, 11) is 0. The van der Waals surface area contributed by atoms with E-state index >= 15 is 0 Å². The van der Waals surface area contributed by atoms with Gasteiger partial charge >= 0.3 is 0 Å². The second kappa shape index (κ2) is 5.75. The summed E-state index contributed by atoms with van der Waals surface area (Å²) in [6.07, 6.45) is 1.09. The van der Waals surface area contributed by atoms with Gasteiger partial charge < -0.3 is 10.7 Å². The lowest BCUT2D eigenvalue weighted by atomic mass is 10.2. The molecule has 9 heteroatoms. The molecule has 1 aromatic carbocycles. The zero-order chi connectivity index (χ0) is 15.6. The minimum Gasteiger partial charge on any atom is -0.319 e. The van der Waals surface area contributed by atoms with E-state index in [2.05, 4.69) is 4.98 Å². The van der Waals surface area contributed by atoms with Gasteiger partial charge in [0.1, 0.15) is 0 Å². The van der Waals surface area contributed by atoms with Gasteiger partial charge in [-0.15, -0.1) is 0 Å². The SMILES string of the molecule is NNc1nccc(C(=O)Nc2ccc(F)c(F)c2F)c1F. The predicted octanol–water partition coefficient (Wildman–Crippen LogP) is 2.18. The highest BCUT2D eigenvalue weighted by atomic mass is 19.2. The zero-order valence-electron chi connectivity index (χ0n) is 10.3. The van der Waals surface area contributed by atoms with E-state index in [4.69, 9.17) is 5.84 Å². The average Bonchev–Trinajstić information content (AvgIpc) is 2.48. The summed E-state index contributed by atoms with van der Waals surface area (Å²) < 4.78 is 53.0. The van der Waals surface area contributed by atoms with Crippen molar-refractivity contribution < 1.29 is 22.4 Å². The molecule has 0 unspecified atom stereocenters. The van der Waals surface area contributed by atoms with E-state index in [1.54, 1.807) is 0 Å². The maximum absolute atomic E-state index is 13.8. The molecule has 0 bridgehead atoms. The van der Waals surface area contributed by atoms with Crippen LogP contribution in [0.4, 0.5) is 29.1 Å². The minimum atomic E-state index is -1.74. The number of nitrogens with zero attached hydrogens (tertiary/aromatic N) is 1. The molecule has 0 radical (unpaired) electrons. The van der Waals surface area contributed by atoms with Crippen LogP contribution >= 0.6 is 0 Å². The van der Waals surface area contributed by atoms with Crippen molar-refractivity contribution in [3.63, 3.8) is 0 Å². The maximum Gasteiger partial charge on any atom is 0.258 e. The quantitative estimate of drug-likeness (QED) is 0.351. The Morgan fingerprint density at radius 1 is 1.05 bits per heavy atom. The molecule has 0 aliphatic heterocycles. The van der Waals surface area contributed by atoms with Crippen molar-refractivity contribution in [2.24, 2.45) is 5.84 Å². The molecular formula is C12H8F4N4O.